The van der Waals surface area contributed by atoms with Crippen LogP contribution in [0, 0.1) is 0 Å². The number of rotatable bonds is 5. The first kappa shape index (κ1) is 18.9. The third kappa shape index (κ3) is 10.3. The molecule has 0 heterocycles. The highest BCUT2D eigenvalue weighted by atomic mass is 35.5. The molecule has 0 saturated carbocycles. The van der Waals surface area contributed by atoms with Gasteiger partial charge in [-0.2, -0.15) is 0 Å². The molecule has 0 fully saturated rings. The van der Waals surface area contributed by atoms with Crippen molar-refractivity contribution in [2.45, 2.75) is 13.0 Å². The zero-order valence-electron chi connectivity index (χ0n) is 11.3. The van der Waals surface area contributed by atoms with Crippen molar-refractivity contribution in [3.05, 3.63) is 34.9 Å². The van der Waals surface area contributed by atoms with E-state index in [0.717, 1.165) is 5.56 Å². The average molecular weight is 318 g/mol. The highest BCUT2D eigenvalue weighted by Gasteiger charge is 2.04. The van der Waals surface area contributed by atoms with E-state index >= 15 is 0 Å². The fourth-order valence-corrected chi connectivity index (χ4v) is 1.53. The van der Waals surface area contributed by atoms with Crippen LogP contribution in [0.5, 0.6) is 0 Å². The molecule has 0 spiro atoms. The molecule has 21 heavy (non-hydrogen) atoms. The third-order valence-corrected chi connectivity index (χ3v) is 2.47. The van der Waals surface area contributed by atoms with Gasteiger partial charge in [0.1, 0.15) is 0 Å². The van der Waals surface area contributed by atoms with Crippen molar-refractivity contribution in [2.24, 2.45) is 0 Å². The van der Waals surface area contributed by atoms with Crippen LogP contribution in [0.1, 0.15) is 12.0 Å². The molecule has 1 rings (SSSR count). The summed E-state index contributed by atoms with van der Waals surface area (Å²) in [6, 6.07) is 7.58. The van der Waals surface area contributed by atoms with Gasteiger partial charge in [0.05, 0.1) is 6.42 Å². The smallest absolute Gasteiger partial charge is 0.414 e. The van der Waals surface area contributed by atoms with Crippen LogP contribution in [-0.2, 0) is 20.9 Å². The second-order valence-electron chi connectivity index (χ2n) is 4.12. The molecule has 0 bridgehead atoms. The summed E-state index contributed by atoms with van der Waals surface area (Å²) in [5.74, 6) is -4.42. The van der Waals surface area contributed by atoms with Crippen LogP contribution in [0.25, 0.3) is 0 Å². The lowest BCUT2D eigenvalue weighted by Gasteiger charge is -2.15. The van der Waals surface area contributed by atoms with E-state index in [1.165, 1.54) is 0 Å². The number of aliphatic carboxylic acids is 3. The zero-order valence-corrected chi connectivity index (χ0v) is 12.1. The second kappa shape index (κ2) is 9.73. The maximum Gasteiger partial charge on any atom is 0.414 e. The van der Waals surface area contributed by atoms with Crippen LogP contribution in [-0.4, -0.2) is 51.7 Å². The number of halogens is 1. The average Bonchev–Trinajstić information content (AvgIpc) is 2.37. The van der Waals surface area contributed by atoms with E-state index in [1.807, 2.05) is 36.2 Å². The Morgan fingerprint density at radius 1 is 1.14 bits per heavy atom. The van der Waals surface area contributed by atoms with E-state index < -0.39 is 17.9 Å². The molecule has 0 radical (unpaired) electrons. The Hall–Kier alpha value is -2.12. The fourth-order valence-electron chi connectivity index (χ4n) is 1.31. The Morgan fingerprint density at radius 3 is 2.14 bits per heavy atom. The van der Waals surface area contributed by atoms with Crippen molar-refractivity contribution in [2.75, 3.05) is 13.6 Å². The van der Waals surface area contributed by atoms with E-state index in [-0.39, 0.29) is 6.42 Å². The minimum Gasteiger partial charge on any atom is -0.481 e. The van der Waals surface area contributed by atoms with Gasteiger partial charge in [-0.15, -0.1) is 0 Å². The predicted octanol–water partition coefficient (Wildman–Crippen LogP) is 1.40. The fraction of sp³-hybridized carbons (Fsp3) is 0.308. The lowest BCUT2D eigenvalue weighted by atomic mass is 10.2. The normalized spacial score (nSPS) is 9.67. The summed E-state index contributed by atoms with van der Waals surface area (Å²) in [5.41, 5.74) is 1.09. The quantitative estimate of drug-likeness (QED) is 0.703. The molecule has 7 nitrogen and oxygen atoms in total. The van der Waals surface area contributed by atoms with Gasteiger partial charge in [-0.25, -0.2) is 9.59 Å². The third-order valence-electron chi connectivity index (χ3n) is 2.23. The van der Waals surface area contributed by atoms with Gasteiger partial charge in [0.15, 0.2) is 0 Å². The second-order valence-corrected chi connectivity index (χ2v) is 4.56. The lowest BCUT2D eigenvalue weighted by Crippen LogP contribution is -2.21. The van der Waals surface area contributed by atoms with Gasteiger partial charge in [-0.05, 0) is 24.7 Å². The van der Waals surface area contributed by atoms with Crippen molar-refractivity contribution in [1.82, 2.24) is 4.90 Å². The first-order valence-electron chi connectivity index (χ1n) is 5.83. The minimum absolute atomic E-state index is 0.164. The molecular weight excluding hydrogens is 302 g/mol. The van der Waals surface area contributed by atoms with Crippen molar-refractivity contribution >= 4 is 29.5 Å². The molecule has 8 heteroatoms. The molecule has 0 aliphatic carbocycles. The Labute approximate surface area is 126 Å². The Morgan fingerprint density at radius 2 is 1.71 bits per heavy atom. The summed E-state index contributed by atoms with van der Waals surface area (Å²) in [6.07, 6.45) is 0.164. The van der Waals surface area contributed by atoms with Gasteiger partial charge in [0, 0.05) is 18.1 Å². The number of benzene rings is 1. The van der Waals surface area contributed by atoms with E-state index in [0.29, 0.717) is 18.1 Å². The number of carboxylic acids is 3. The number of carbonyl (C=O) groups is 3. The predicted molar refractivity (Wildman–Crippen MR) is 75.3 cm³/mol. The number of hydrogen-bond donors (Lipinski definition) is 3. The molecule has 1 aromatic rings. The van der Waals surface area contributed by atoms with Gasteiger partial charge < -0.3 is 20.2 Å². The highest BCUT2D eigenvalue weighted by molar-refractivity contribution is 6.30. The monoisotopic (exact) mass is 317 g/mol. The van der Waals surface area contributed by atoms with E-state index in [4.69, 9.17) is 36.5 Å². The van der Waals surface area contributed by atoms with Crippen LogP contribution < -0.4 is 0 Å². The largest absolute Gasteiger partial charge is 0.481 e. The standard InChI is InChI=1S/C11H14ClNO2.C2H2O4/c1-13(6-5-11(14)15)8-9-3-2-4-10(12)7-9;3-1(4)2(5)6/h2-4,7H,5-6,8H2,1H3,(H,14,15);(H,3,4)(H,5,6). The maximum absolute atomic E-state index is 10.4. The topological polar surface area (TPSA) is 115 Å². The van der Waals surface area contributed by atoms with Crippen LogP contribution in [0.3, 0.4) is 0 Å². The highest BCUT2D eigenvalue weighted by Crippen LogP contribution is 2.12. The van der Waals surface area contributed by atoms with Crippen molar-refractivity contribution in [1.29, 1.82) is 0 Å². The molecular formula is C13H16ClNO6. The van der Waals surface area contributed by atoms with Crippen LogP contribution >= 0.6 is 11.6 Å². The summed E-state index contributed by atoms with van der Waals surface area (Å²) < 4.78 is 0. The first-order chi connectivity index (χ1) is 9.72. The van der Waals surface area contributed by atoms with E-state index in [1.54, 1.807) is 0 Å². The maximum atomic E-state index is 10.4. The van der Waals surface area contributed by atoms with Crippen molar-refractivity contribution in [3.8, 4) is 0 Å². The van der Waals surface area contributed by atoms with Gasteiger partial charge in [-0.3, -0.25) is 4.79 Å². The summed E-state index contributed by atoms with van der Waals surface area (Å²) in [5, 5.41) is 24.0. The van der Waals surface area contributed by atoms with Crippen LogP contribution in [0.15, 0.2) is 24.3 Å². The number of hydrogen-bond acceptors (Lipinski definition) is 4. The van der Waals surface area contributed by atoms with Gasteiger partial charge in [0.25, 0.3) is 0 Å². The molecule has 116 valence electrons. The lowest BCUT2D eigenvalue weighted by molar-refractivity contribution is -0.159. The molecule has 0 saturated heterocycles. The Kier molecular flexibility index (Phi) is 8.75. The van der Waals surface area contributed by atoms with Crippen molar-refractivity contribution in [3.63, 3.8) is 0 Å². The summed E-state index contributed by atoms with van der Waals surface area (Å²) in [4.78, 5) is 30.5. The van der Waals surface area contributed by atoms with Crippen LogP contribution in [0.4, 0.5) is 0 Å². The van der Waals surface area contributed by atoms with Crippen molar-refractivity contribution < 1.29 is 29.7 Å². The zero-order chi connectivity index (χ0) is 16.4. The summed E-state index contributed by atoms with van der Waals surface area (Å²) in [7, 11) is 1.89. The number of nitrogens with zero attached hydrogens (tertiary/aromatic N) is 1. The molecule has 0 atom stereocenters. The summed E-state index contributed by atoms with van der Waals surface area (Å²) >= 11 is 5.84. The minimum atomic E-state index is -1.82. The summed E-state index contributed by atoms with van der Waals surface area (Å²) in [6.45, 7) is 1.26. The molecule has 1 aromatic carbocycles. The molecule has 0 aromatic heterocycles. The van der Waals surface area contributed by atoms with Gasteiger partial charge >= 0.3 is 17.9 Å². The molecule has 0 unspecified atom stereocenters. The van der Waals surface area contributed by atoms with Gasteiger partial charge in [0.2, 0.25) is 0 Å². The Balaban J connectivity index is 0.000000567. The first-order valence-corrected chi connectivity index (χ1v) is 6.21. The molecule has 0 aliphatic rings. The molecule has 3 N–H and O–H groups in total. The Bertz CT molecular complexity index is 493. The van der Waals surface area contributed by atoms with E-state index in [2.05, 4.69) is 0 Å². The van der Waals surface area contributed by atoms with Gasteiger partial charge in [-0.1, -0.05) is 23.7 Å². The molecule has 0 aliphatic heterocycles. The van der Waals surface area contributed by atoms with Crippen LogP contribution in [0.2, 0.25) is 5.02 Å². The van der Waals surface area contributed by atoms with E-state index in [9.17, 15) is 4.79 Å². The molecule has 0 amide bonds. The number of carboxylic acid groups (broad SMARTS) is 3. The SMILES string of the molecule is CN(CCC(=O)O)Cc1cccc(Cl)c1.O=C(O)C(=O)O.